The Morgan fingerprint density at radius 2 is 2.05 bits per heavy atom. The number of amides is 1. The van der Waals surface area contributed by atoms with Gasteiger partial charge in [0.25, 0.3) is 0 Å². The van der Waals surface area contributed by atoms with Gasteiger partial charge < -0.3 is 15.0 Å². The van der Waals surface area contributed by atoms with Crippen LogP contribution < -0.4 is 5.32 Å². The number of carbonyl (C=O) groups is 1. The topological polar surface area (TPSA) is 44.8 Å². The van der Waals surface area contributed by atoms with E-state index in [1.165, 1.54) is 12.8 Å². The average molecular weight is 283 g/mol. The van der Waals surface area contributed by atoms with Crippen LogP contribution in [0.2, 0.25) is 0 Å². The van der Waals surface area contributed by atoms with Crippen molar-refractivity contribution < 1.29 is 9.53 Å². The Labute approximate surface area is 122 Å². The summed E-state index contributed by atoms with van der Waals surface area (Å²) in [6, 6.07) is 0.470. The number of carbonyl (C=O) groups excluding carboxylic acids is 1. The third-order valence-corrected chi connectivity index (χ3v) is 4.40. The minimum atomic E-state index is 0.276. The third-order valence-electron chi connectivity index (χ3n) is 4.40. The van der Waals surface area contributed by atoms with E-state index in [1.807, 2.05) is 0 Å². The van der Waals surface area contributed by atoms with Crippen molar-refractivity contribution >= 4 is 5.91 Å². The molecule has 2 aliphatic rings. The number of ether oxygens (including phenoxy) is 1. The van der Waals surface area contributed by atoms with Gasteiger partial charge in [-0.05, 0) is 25.7 Å². The molecule has 0 aromatic heterocycles. The van der Waals surface area contributed by atoms with Crippen LogP contribution in [0.25, 0.3) is 0 Å². The summed E-state index contributed by atoms with van der Waals surface area (Å²) in [6.45, 7) is 9.21. The highest BCUT2D eigenvalue weighted by molar-refractivity contribution is 5.78. The lowest BCUT2D eigenvalue weighted by Gasteiger charge is -2.35. The van der Waals surface area contributed by atoms with Crippen LogP contribution in [-0.2, 0) is 9.53 Å². The van der Waals surface area contributed by atoms with E-state index in [0.717, 1.165) is 58.8 Å². The minimum Gasteiger partial charge on any atom is -0.379 e. The number of likely N-dealkylation sites (tertiary alicyclic amines) is 1. The average Bonchev–Trinajstić information content (AvgIpc) is 2.52. The second-order valence-corrected chi connectivity index (χ2v) is 5.78. The quantitative estimate of drug-likeness (QED) is 0.729. The molecule has 0 aromatic rings. The molecule has 0 radical (unpaired) electrons. The number of nitrogens with one attached hydrogen (secondary N) is 1. The van der Waals surface area contributed by atoms with Crippen molar-refractivity contribution in [2.75, 3.05) is 52.5 Å². The number of hydrogen-bond donors (Lipinski definition) is 1. The van der Waals surface area contributed by atoms with Crippen molar-refractivity contribution in [3.63, 3.8) is 0 Å². The molecular formula is C15H29N3O2. The van der Waals surface area contributed by atoms with Crippen LogP contribution in [0.4, 0.5) is 0 Å². The van der Waals surface area contributed by atoms with Gasteiger partial charge >= 0.3 is 0 Å². The zero-order valence-electron chi connectivity index (χ0n) is 12.8. The van der Waals surface area contributed by atoms with Gasteiger partial charge in [-0.2, -0.15) is 0 Å². The number of piperidine rings is 1. The minimum absolute atomic E-state index is 0.276. The predicted molar refractivity (Wildman–Crippen MR) is 79.8 cm³/mol. The van der Waals surface area contributed by atoms with Crippen molar-refractivity contribution in [1.82, 2.24) is 15.1 Å². The van der Waals surface area contributed by atoms with Crippen LogP contribution in [0, 0.1) is 0 Å². The summed E-state index contributed by atoms with van der Waals surface area (Å²) in [4.78, 5) is 16.7. The zero-order chi connectivity index (χ0) is 14.2. The molecule has 116 valence electrons. The summed E-state index contributed by atoms with van der Waals surface area (Å²) < 4.78 is 5.32. The molecule has 0 saturated carbocycles. The molecule has 5 heteroatoms. The maximum Gasteiger partial charge on any atom is 0.236 e. The molecule has 2 saturated heterocycles. The summed E-state index contributed by atoms with van der Waals surface area (Å²) in [6.07, 6.45) is 4.69. The first-order chi connectivity index (χ1) is 9.81. The smallest absolute Gasteiger partial charge is 0.236 e. The van der Waals surface area contributed by atoms with Crippen LogP contribution in [0.3, 0.4) is 0 Å². The van der Waals surface area contributed by atoms with E-state index >= 15 is 0 Å². The summed E-state index contributed by atoms with van der Waals surface area (Å²) in [5.41, 5.74) is 0. The largest absolute Gasteiger partial charge is 0.379 e. The molecule has 2 heterocycles. The lowest BCUT2D eigenvalue weighted by Crippen LogP contribution is -2.48. The second kappa shape index (κ2) is 8.60. The highest BCUT2D eigenvalue weighted by atomic mass is 16.5. The fourth-order valence-electron chi connectivity index (χ4n) is 3.11. The molecule has 1 unspecified atom stereocenters. The van der Waals surface area contributed by atoms with E-state index in [9.17, 15) is 4.79 Å². The number of rotatable bonds is 6. The van der Waals surface area contributed by atoms with Crippen LogP contribution in [0.15, 0.2) is 0 Å². The maximum absolute atomic E-state index is 12.2. The van der Waals surface area contributed by atoms with Gasteiger partial charge in [0.05, 0.1) is 19.8 Å². The van der Waals surface area contributed by atoms with E-state index in [-0.39, 0.29) is 5.91 Å². The molecule has 2 fully saturated rings. The predicted octanol–water partition coefficient (Wildman–Crippen LogP) is 0.699. The lowest BCUT2D eigenvalue weighted by atomic mass is 10.00. The summed E-state index contributed by atoms with van der Waals surface area (Å²) >= 11 is 0. The highest BCUT2D eigenvalue weighted by Gasteiger charge is 2.24. The van der Waals surface area contributed by atoms with Gasteiger partial charge in [0.15, 0.2) is 0 Å². The van der Waals surface area contributed by atoms with Crippen molar-refractivity contribution in [2.45, 2.75) is 38.6 Å². The Hall–Kier alpha value is -0.650. The van der Waals surface area contributed by atoms with Crippen LogP contribution in [0.1, 0.15) is 32.6 Å². The normalized spacial score (nSPS) is 24.9. The Morgan fingerprint density at radius 1 is 1.25 bits per heavy atom. The molecule has 0 spiro atoms. The van der Waals surface area contributed by atoms with Gasteiger partial charge in [0.1, 0.15) is 0 Å². The highest BCUT2D eigenvalue weighted by Crippen LogP contribution is 2.19. The molecule has 1 N–H and O–H groups in total. The van der Waals surface area contributed by atoms with E-state index < -0.39 is 0 Å². The number of nitrogens with zero attached hydrogens (tertiary/aromatic N) is 2. The molecule has 0 aromatic carbocycles. The van der Waals surface area contributed by atoms with Gasteiger partial charge in [-0.1, -0.05) is 6.92 Å². The molecule has 2 aliphatic heterocycles. The monoisotopic (exact) mass is 283 g/mol. The van der Waals surface area contributed by atoms with Crippen molar-refractivity contribution in [1.29, 1.82) is 0 Å². The molecular weight excluding hydrogens is 254 g/mol. The fraction of sp³-hybridized carbons (Fsp3) is 0.933. The van der Waals surface area contributed by atoms with Gasteiger partial charge in [0, 0.05) is 38.8 Å². The van der Waals surface area contributed by atoms with Gasteiger partial charge in [-0.15, -0.1) is 0 Å². The number of morpholine rings is 1. The molecule has 0 aliphatic carbocycles. The molecule has 0 bridgehead atoms. The first-order valence-corrected chi connectivity index (χ1v) is 8.11. The first-order valence-electron chi connectivity index (χ1n) is 8.11. The van der Waals surface area contributed by atoms with Gasteiger partial charge in [-0.3, -0.25) is 9.69 Å². The Balaban J connectivity index is 1.61. The number of hydrogen-bond acceptors (Lipinski definition) is 4. The van der Waals surface area contributed by atoms with Crippen LogP contribution in [-0.4, -0.2) is 74.2 Å². The summed E-state index contributed by atoms with van der Waals surface area (Å²) in [7, 11) is 0. The van der Waals surface area contributed by atoms with E-state index in [2.05, 4.69) is 22.0 Å². The molecule has 20 heavy (non-hydrogen) atoms. The molecule has 2 rings (SSSR count). The Bertz CT molecular complexity index is 293. The van der Waals surface area contributed by atoms with E-state index in [0.29, 0.717) is 12.6 Å². The SMILES string of the molecule is CCC1CCCCN1C(=O)CNCCN1CCOCC1. The van der Waals surface area contributed by atoms with Gasteiger partial charge in [0.2, 0.25) is 5.91 Å². The summed E-state index contributed by atoms with van der Waals surface area (Å²) in [5.74, 6) is 0.276. The third kappa shape index (κ3) is 4.72. The molecule has 1 amide bonds. The standard InChI is InChI=1S/C15H29N3O2/c1-2-14-5-3-4-7-18(14)15(19)13-16-6-8-17-9-11-20-12-10-17/h14,16H,2-13H2,1H3. The van der Waals surface area contributed by atoms with Crippen molar-refractivity contribution in [2.24, 2.45) is 0 Å². The summed E-state index contributed by atoms with van der Waals surface area (Å²) in [5, 5.41) is 3.30. The van der Waals surface area contributed by atoms with Gasteiger partial charge in [-0.25, -0.2) is 0 Å². The van der Waals surface area contributed by atoms with E-state index in [4.69, 9.17) is 4.74 Å². The lowest BCUT2D eigenvalue weighted by molar-refractivity contribution is -0.133. The first kappa shape index (κ1) is 15.7. The second-order valence-electron chi connectivity index (χ2n) is 5.78. The Kier molecular flexibility index (Phi) is 6.76. The maximum atomic E-state index is 12.2. The molecule has 1 atom stereocenters. The fourth-order valence-corrected chi connectivity index (χ4v) is 3.11. The van der Waals surface area contributed by atoms with E-state index in [1.54, 1.807) is 0 Å². The molecule has 5 nitrogen and oxygen atoms in total. The van der Waals surface area contributed by atoms with Crippen LogP contribution in [0.5, 0.6) is 0 Å². The van der Waals surface area contributed by atoms with Crippen molar-refractivity contribution in [3.05, 3.63) is 0 Å². The van der Waals surface area contributed by atoms with Crippen molar-refractivity contribution in [3.8, 4) is 0 Å². The Morgan fingerprint density at radius 3 is 2.80 bits per heavy atom. The zero-order valence-corrected chi connectivity index (χ0v) is 12.8. The van der Waals surface area contributed by atoms with Crippen LogP contribution >= 0.6 is 0 Å².